The number of amides is 1. The first kappa shape index (κ1) is 35.4. The van der Waals surface area contributed by atoms with Crippen molar-refractivity contribution in [2.45, 2.75) is 69.0 Å². The van der Waals surface area contributed by atoms with E-state index in [1.165, 1.54) is 6.08 Å². The summed E-state index contributed by atoms with van der Waals surface area (Å²) in [6.07, 6.45) is -1.56. The Morgan fingerprint density at radius 3 is 2.72 bits per heavy atom. The number of hydrogen-bond donors (Lipinski definition) is 1. The zero-order valence-electron chi connectivity index (χ0n) is 28.9. The highest BCUT2D eigenvalue weighted by atomic mass is 32.1. The third kappa shape index (κ3) is 5.57. The van der Waals surface area contributed by atoms with E-state index in [2.05, 4.69) is 21.4 Å². The lowest BCUT2D eigenvalue weighted by Gasteiger charge is -2.33. The maximum atomic E-state index is 17.2. The number of likely N-dealkylation sites (N-methyl/N-ethyl adjacent to an activating group) is 1. The van der Waals surface area contributed by atoms with Crippen LogP contribution in [0.3, 0.4) is 0 Å². The van der Waals surface area contributed by atoms with Crippen LogP contribution in [0.1, 0.15) is 50.2 Å². The molecule has 4 atom stereocenters. The number of nitrogens with two attached hydrogens (primary N) is 1. The van der Waals surface area contributed by atoms with Gasteiger partial charge in [-0.05, 0) is 61.8 Å². The van der Waals surface area contributed by atoms with Crippen LogP contribution in [0.25, 0.3) is 32.1 Å². The van der Waals surface area contributed by atoms with Gasteiger partial charge in [0.05, 0.1) is 27.4 Å². The van der Waals surface area contributed by atoms with Gasteiger partial charge in [0.2, 0.25) is 5.91 Å². The van der Waals surface area contributed by atoms with Gasteiger partial charge in [-0.25, -0.2) is 13.2 Å². The molecule has 3 saturated heterocycles. The Hall–Kier alpha value is -4.62. The van der Waals surface area contributed by atoms with Gasteiger partial charge in [0, 0.05) is 55.5 Å². The number of benzene rings is 2. The monoisotopic (exact) mass is 755 g/mol. The molecular formula is C37H35F6N7O2S. The highest BCUT2D eigenvalue weighted by Gasteiger charge is 2.62. The SMILES string of the molecule is C=CC(=O)N1CC[C@@H](N(C)c2nc(OC[C@]34C[C@@H](F)CN3CC3(CC3)C4)nc3c(F)c(-c4ccc(F)c5sc(N)c(C#N)c45)c(C(F)(F)F)cc23)[C@H]1C. The molecule has 0 radical (unpaired) electrons. The Kier molecular flexibility index (Phi) is 8.16. The van der Waals surface area contributed by atoms with Crippen molar-refractivity contribution in [3.8, 4) is 23.2 Å². The van der Waals surface area contributed by atoms with E-state index in [0.29, 0.717) is 30.7 Å². The molecule has 16 heteroatoms. The molecule has 2 aromatic carbocycles. The van der Waals surface area contributed by atoms with Crippen LogP contribution < -0.4 is 15.4 Å². The van der Waals surface area contributed by atoms with Gasteiger partial charge >= 0.3 is 12.2 Å². The lowest BCUT2D eigenvalue weighted by molar-refractivity contribution is -0.137. The molecule has 5 heterocycles. The Morgan fingerprint density at radius 2 is 2.04 bits per heavy atom. The fraction of sp³-hybridized carbons (Fsp3) is 0.459. The minimum Gasteiger partial charge on any atom is -0.461 e. The number of aromatic nitrogens is 2. The second-order valence-corrected chi connectivity index (χ2v) is 16.0. The number of hydrogen-bond acceptors (Lipinski definition) is 9. The third-order valence-electron chi connectivity index (χ3n) is 11.7. The molecule has 4 fully saturated rings. The molecule has 4 aromatic rings. The van der Waals surface area contributed by atoms with Crippen molar-refractivity contribution < 1.29 is 35.9 Å². The summed E-state index contributed by atoms with van der Waals surface area (Å²) in [5.74, 6) is -2.60. The van der Waals surface area contributed by atoms with Crippen LogP contribution in [0.5, 0.6) is 6.01 Å². The van der Waals surface area contributed by atoms with Gasteiger partial charge in [-0.15, -0.1) is 11.3 Å². The van der Waals surface area contributed by atoms with Crippen LogP contribution in [0.2, 0.25) is 0 Å². The lowest BCUT2D eigenvalue weighted by Crippen LogP contribution is -2.44. The van der Waals surface area contributed by atoms with E-state index in [1.807, 2.05) is 6.07 Å². The highest BCUT2D eigenvalue weighted by molar-refractivity contribution is 7.23. The van der Waals surface area contributed by atoms with E-state index in [-0.39, 0.29) is 74.3 Å². The van der Waals surface area contributed by atoms with Crippen molar-refractivity contribution >= 4 is 49.1 Å². The molecule has 8 rings (SSSR count). The third-order valence-corrected chi connectivity index (χ3v) is 12.8. The molecule has 1 amide bonds. The second-order valence-electron chi connectivity index (χ2n) is 14.9. The molecular weight excluding hydrogens is 721 g/mol. The molecule has 0 unspecified atom stereocenters. The normalized spacial score (nSPS) is 25.0. The Bertz CT molecular complexity index is 2250. The molecule has 2 aromatic heterocycles. The number of ether oxygens (including phenoxy) is 1. The van der Waals surface area contributed by atoms with Crippen molar-refractivity contribution in [3.63, 3.8) is 0 Å². The Morgan fingerprint density at radius 1 is 1.28 bits per heavy atom. The summed E-state index contributed by atoms with van der Waals surface area (Å²) in [4.78, 5) is 26.8. The van der Waals surface area contributed by atoms with Gasteiger partial charge in [0.25, 0.3) is 0 Å². The number of alkyl halides is 4. The number of anilines is 2. The van der Waals surface area contributed by atoms with Gasteiger partial charge in [0.15, 0.2) is 5.82 Å². The second kappa shape index (κ2) is 12.2. The molecule has 2 N–H and O–H groups in total. The van der Waals surface area contributed by atoms with Crippen molar-refractivity contribution in [2.24, 2.45) is 5.41 Å². The summed E-state index contributed by atoms with van der Waals surface area (Å²) in [6.45, 7) is 6.69. The first-order chi connectivity index (χ1) is 25.1. The molecule has 1 spiro atoms. The minimum atomic E-state index is -5.13. The number of likely N-dealkylation sites (tertiary alicyclic amines) is 1. The quantitative estimate of drug-likeness (QED) is 0.156. The number of rotatable bonds is 7. The van der Waals surface area contributed by atoms with E-state index in [1.54, 1.807) is 23.8 Å². The average molecular weight is 756 g/mol. The van der Waals surface area contributed by atoms with Crippen molar-refractivity contribution in [1.29, 1.82) is 5.26 Å². The zero-order chi connectivity index (χ0) is 37.8. The number of thiophene rings is 1. The van der Waals surface area contributed by atoms with E-state index in [9.17, 15) is 18.8 Å². The van der Waals surface area contributed by atoms with Gasteiger partial charge in [-0.2, -0.15) is 28.4 Å². The average Bonchev–Trinajstić information content (AvgIpc) is 3.31. The number of halogens is 6. The summed E-state index contributed by atoms with van der Waals surface area (Å²) >= 11 is 0.678. The molecule has 1 saturated carbocycles. The smallest absolute Gasteiger partial charge is 0.417 e. The van der Waals surface area contributed by atoms with Gasteiger partial charge < -0.3 is 20.3 Å². The first-order valence-electron chi connectivity index (χ1n) is 17.3. The van der Waals surface area contributed by atoms with Crippen LogP contribution in [0, 0.1) is 28.4 Å². The van der Waals surface area contributed by atoms with Crippen molar-refractivity contribution in [3.05, 3.63) is 53.6 Å². The van der Waals surface area contributed by atoms with Gasteiger partial charge in [-0.1, -0.05) is 12.6 Å². The van der Waals surface area contributed by atoms with Gasteiger partial charge in [-0.3, -0.25) is 9.69 Å². The fourth-order valence-corrected chi connectivity index (χ4v) is 10.0. The number of nitriles is 1. The van der Waals surface area contributed by atoms with E-state index in [0.717, 1.165) is 37.6 Å². The van der Waals surface area contributed by atoms with E-state index in [4.69, 9.17) is 10.5 Å². The van der Waals surface area contributed by atoms with Crippen molar-refractivity contribution in [2.75, 3.05) is 43.9 Å². The van der Waals surface area contributed by atoms with E-state index >= 15 is 17.6 Å². The summed E-state index contributed by atoms with van der Waals surface area (Å²) in [5.41, 5.74) is 1.96. The maximum Gasteiger partial charge on any atom is 0.417 e. The Balaban J connectivity index is 1.32. The largest absolute Gasteiger partial charge is 0.461 e. The first-order valence-corrected chi connectivity index (χ1v) is 18.1. The summed E-state index contributed by atoms with van der Waals surface area (Å²) in [7, 11) is 1.60. The molecule has 4 aliphatic rings. The fourth-order valence-electron chi connectivity index (χ4n) is 9.07. The lowest BCUT2D eigenvalue weighted by atomic mass is 9.89. The van der Waals surface area contributed by atoms with Crippen LogP contribution in [-0.2, 0) is 11.0 Å². The van der Waals surface area contributed by atoms with Crippen molar-refractivity contribution in [1.82, 2.24) is 19.8 Å². The summed E-state index contributed by atoms with van der Waals surface area (Å²) in [5, 5.41) is 9.22. The van der Waals surface area contributed by atoms with Crippen LogP contribution in [0.15, 0.2) is 30.9 Å². The van der Waals surface area contributed by atoms with Crippen LogP contribution in [0.4, 0.5) is 37.2 Å². The minimum absolute atomic E-state index is 0.0152. The molecule has 0 bridgehead atoms. The number of fused-ring (bicyclic) bond motifs is 3. The number of nitrogen functional groups attached to an aromatic ring is 1. The molecule has 9 nitrogen and oxygen atoms in total. The Labute approximate surface area is 304 Å². The molecule has 1 aliphatic carbocycles. The number of carbonyl (C=O) groups excluding carboxylic acids is 1. The van der Waals surface area contributed by atoms with Gasteiger partial charge in [0.1, 0.15) is 41.0 Å². The van der Waals surface area contributed by atoms with Crippen LogP contribution in [-0.4, -0.2) is 82.8 Å². The number of carbonyl (C=O) groups is 1. The predicted octanol–water partition coefficient (Wildman–Crippen LogP) is 7.22. The molecule has 3 aliphatic heterocycles. The summed E-state index contributed by atoms with van der Waals surface area (Å²) < 4.78 is 98.3. The molecule has 53 heavy (non-hydrogen) atoms. The van der Waals surface area contributed by atoms with Crippen LogP contribution >= 0.6 is 11.3 Å². The standard InChI is InChI=1S/C37H35F6N7O2S/c1-4-26(51)50-10-7-25(18(50)2)48(3)33-21-11-23(37(41,42)43)28(20-5-6-24(39)31-27(20)22(13-44)32(45)53-31)29(40)30(21)46-34(47-33)52-17-36-12-19(38)14-49(36)16-35(15-36)8-9-35/h4-6,11,18-19,25H,1,7-10,12,14-17,45H2,2-3H3/t18-,19-,25-,36-/m1/s1. The summed E-state index contributed by atoms with van der Waals surface area (Å²) in [6, 6.07) is 3.29. The zero-order valence-corrected chi connectivity index (χ0v) is 29.7. The highest BCUT2D eigenvalue weighted by Crippen LogP contribution is 2.61. The topological polar surface area (TPSA) is 112 Å². The molecule has 278 valence electrons. The maximum absolute atomic E-state index is 17.2. The van der Waals surface area contributed by atoms with E-state index < -0.39 is 58.2 Å². The predicted molar refractivity (Wildman–Crippen MR) is 188 cm³/mol. The number of nitrogens with zero attached hydrogens (tertiary/aromatic N) is 6.